The fraction of sp³-hybridized carbons (Fsp3) is 0. The van der Waals surface area contributed by atoms with Crippen molar-refractivity contribution in [2.24, 2.45) is 0 Å². The first-order valence-corrected chi connectivity index (χ1v) is 5.25. The van der Waals surface area contributed by atoms with Crippen LogP contribution in [0.3, 0.4) is 0 Å². The second-order valence-corrected chi connectivity index (χ2v) is 3.64. The van der Waals surface area contributed by atoms with Crippen molar-refractivity contribution in [2.45, 2.75) is 0 Å². The van der Waals surface area contributed by atoms with E-state index >= 15 is 0 Å². The third-order valence-electron chi connectivity index (χ3n) is 2.36. The molecule has 0 saturated carbocycles. The van der Waals surface area contributed by atoms with Crippen LogP contribution in [-0.2, 0) is 0 Å². The summed E-state index contributed by atoms with van der Waals surface area (Å²) in [5.74, 6) is 0.770. The number of nitro groups is 1. The van der Waals surface area contributed by atoms with Gasteiger partial charge in [-0.2, -0.15) is 5.26 Å². The topological polar surface area (TPSA) is 96.4 Å². The van der Waals surface area contributed by atoms with Crippen molar-refractivity contribution in [1.29, 1.82) is 5.26 Å². The van der Waals surface area contributed by atoms with Crippen molar-refractivity contribution in [1.82, 2.24) is 0 Å². The molecule has 0 aliphatic carbocycles. The molecular weight excluding hydrogens is 248 g/mol. The Morgan fingerprint density at radius 1 is 1.16 bits per heavy atom. The average molecular weight is 256 g/mol. The monoisotopic (exact) mass is 256 g/mol. The van der Waals surface area contributed by atoms with E-state index in [2.05, 4.69) is 0 Å². The molecule has 2 aromatic rings. The third kappa shape index (κ3) is 2.79. The molecule has 1 N–H and O–H groups in total. The maximum atomic E-state index is 10.8. The Morgan fingerprint density at radius 3 is 2.37 bits per heavy atom. The molecule has 0 heterocycles. The molecule has 2 aromatic carbocycles. The van der Waals surface area contributed by atoms with Gasteiger partial charge in [0.2, 0.25) is 0 Å². The smallest absolute Gasteiger partial charge is 0.290 e. The quantitative estimate of drug-likeness (QED) is 0.672. The molecule has 0 amide bonds. The minimum absolute atomic E-state index is 0.0249. The lowest BCUT2D eigenvalue weighted by atomic mass is 10.2. The molecule has 0 radical (unpaired) electrons. The number of rotatable bonds is 3. The zero-order valence-electron chi connectivity index (χ0n) is 9.61. The lowest BCUT2D eigenvalue weighted by Gasteiger charge is -2.05. The van der Waals surface area contributed by atoms with Crippen molar-refractivity contribution < 1.29 is 14.8 Å². The van der Waals surface area contributed by atoms with Gasteiger partial charge >= 0.3 is 0 Å². The van der Waals surface area contributed by atoms with Crippen molar-refractivity contribution in [3.8, 4) is 23.3 Å². The molecule has 0 unspecified atom stereocenters. The Bertz CT molecular complexity index is 659. The summed E-state index contributed by atoms with van der Waals surface area (Å²) in [6.45, 7) is 0. The highest BCUT2D eigenvalue weighted by molar-refractivity contribution is 5.53. The summed E-state index contributed by atoms with van der Waals surface area (Å²) in [4.78, 5) is 10.2. The number of hydrogen-bond donors (Lipinski definition) is 1. The van der Waals surface area contributed by atoms with E-state index in [4.69, 9.17) is 15.1 Å². The van der Waals surface area contributed by atoms with Crippen LogP contribution in [0.5, 0.6) is 17.2 Å². The molecule has 0 aliphatic heterocycles. The maximum absolute atomic E-state index is 10.8. The van der Waals surface area contributed by atoms with Crippen LogP contribution < -0.4 is 4.74 Å². The second-order valence-electron chi connectivity index (χ2n) is 3.64. The average Bonchev–Trinajstić information content (AvgIpc) is 2.41. The zero-order chi connectivity index (χ0) is 13.8. The van der Waals surface area contributed by atoms with Gasteiger partial charge in [-0.05, 0) is 36.4 Å². The van der Waals surface area contributed by atoms with Crippen molar-refractivity contribution in [3.63, 3.8) is 0 Å². The summed E-state index contributed by atoms with van der Waals surface area (Å²) in [5.41, 5.74) is -0.332. The van der Waals surface area contributed by atoms with Crippen LogP contribution in [0.2, 0.25) is 0 Å². The third-order valence-corrected chi connectivity index (χ3v) is 2.36. The molecule has 0 aliphatic rings. The number of nitriles is 1. The molecule has 6 nitrogen and oxygen atoms in total. The molecule has 0 bridgehead atoms. The maximum Gasteiger partial charge on any atom is 0.290 e. The minimum atomic E-state index is -0.637. The van der Waals surface area contributed by atoms with Gasteiger partial charge in [0.1, 0.15) is 28.9 Å². The van der Waals surface area contributed by atoms with Gasteiger partial charge in [0.05, 0.1) is 11.0 Å². The lowest BCUT2D eigenvalue weighted by Crippen LogP contribution is -1.93. The fourth-order valence-corrected chi connectivity index (χ4v) is 1.47. The number of benzene rings is 2. The van der Waals surface area contributed by atoms with Crippen LogP contribution in [0.15, 0.2) is 42.5 Å². The summed E-state index contributed by atoms with van der Waals surface area (Å²) in [7, 11) is 0. The molecule has 19 heavy (non-hydrogen) atoms. The second kappa shape index (κ2) is 5.06. The van der Waals surface area contributed by atoms with E-state index in [-0.39, 0.29) is 22.7 Å². The van der Waals surface area contributed by atoms with E-state index in [1.165, 1.54) is 42.5 Å². The Hall–Kier alpha value is -3.07. The molecule has 0 saturated heterocycles. The molecule has 0 fully saturated rings. The first-order chi connectivity index (χ1) is 9.10. The molecule has 2 rings (SSSR count). The number of ether oxygens (including phenoxy) is 1. The van der Waals surface area contributed by atoms with Gasteiger partial charge in [0, 0.05) is 0 Å². The lowest BCUT2D eigenvalue weighted by molar-refractivity contribution is -0.385. The van der Waals surface area contributed by atoms with Crippen molar-refractivity contribution >= 4 is 5.69 Å². The van der Waals surface area contributed by atoms with E-state index in [0.29, 0.717) is 5.75 Å². The van der Waals surface area contributed by atoms with Gasteiger partial charge in [0.15, 0.2) is 0 Å². The number of phenolic OH excluding ortho intramolecular Hbond substituents is 1. The van der Waals surface area contributed by atoms with Crippen molar-refractivity contribution in [2.75, 3.05) is 0 Å². The SMILES string of the molecule is N#Cc1ccc(Oc2ccc(O)cc2)cc1[N+](=O)[O-]. The Balaban J connectivity index is 2.31. The van der Waals surface area contributed by atoms with Crippen LogP contribution >= 0.6 is 0 Å². The number of hydrogen-bond acceptors (Lipinski definition) is 5. The number of nitrogens with zero attached hydrogens (tertiary/aromatic N) is 2. The van der Waals surface area contributed by atoms with E-state index < -0.39 is 4.92 Å². The summed E-state index contributed by atoms with van der Waals surface area (Å²) < 4.78 is 5.40. The number of nitro benzene ring substituents is 1. The normalized spacial score (nSPS) is 9.63. The first-order valence-electron chi connectivity index (χ1n) is 5.25. The number of phenols is 1. The number of aromatic hydroxyl groups is 1. The Kier molecular flexibility index (Phi) is 3.30. The molecule has 0 atom stereocenters. The molecule has 0 aromatic heterocycles. The summed E-state index contributed by atoms with van der Waals surface area (Å²) in [6, 6.07) is 11.7. The fourth-order valence-electron chi connectivity index (χ4n) is 1.47. The summed E-state index contributed by atoms with van der Waals surface area (Å²) in [6.07, 6.45) is 0. The van der Waals surface area contributed by atoms with Gasteiger partial charge in [-0.3, -0.25) is 10.1 Å². The summed E-state index contributed by atoms with van der Waals surface area (Å²) in [5, 5.41) is 28.7. The molecular formula is C13H8N2O4. The minimum Gasteiger partial charge on any atom is -0.508 e. The van der Waals surface area contributed by atoms with E-state index in [1.807, 2.05) is 0 Å². The van der Waals surface area contributed by atoms with Crippen molar-refractivity contribution in [3.05, 3.63) is 58.1 Å². The zero-order valence-corrected chi connectivity index (χ0v) is 9.61. The van der Waals surface area contributed by atoms with Gasteiger partial charge in [0.25, 0.3) is 5.69 Å². The van der Waals surface area contributed by atoms with Gasteiger partial charge < -0.3 is 9.84 Å². The predicted octanol–water partition coefficient (Wildman–Crippen LogP) is 2.96. The van der Waals surface area contributed by atoms with Crippen LogP contribution in [0.4, 0.5) is 5.69 Å². The van der Waals surface area contributed by atoms with Crippen LogP contribution in [0.1, 0.15) is 5.56 Å². The van der Waals surface area contributed by atoms with Crippen LogP contribution in [0.25, 0.3) is 0 Å². The van der Waals surface area contributed by atoms with Crippen LogP contribution in [-0.4, -0.2) is 10.0 Å². The van der Waals surface area contributed by atoms with Gasteiger partial charge in [-0.15, -0.1) is 0 Å². The highest BCUT2D eigenvalue weighted by atomic mass is 16.6. The van der Waals surface area contributed by atoms with E-state index in [1.54, 1.807) is 6.07 Å². The Morgan fingerprint density at radius 2 is 1.79 bits per heavy atom. The highest BCUT2D eigenvalue weighted by Gasteiger charge is 2.15. The first kappa shape index (κ1) is 12.4. The van der Waals surface area contributed by atoms with E-state index in [9.17, 15) is 10.1 Å². The van der Waals surface area contributed by atoms with Crippen LogP contribution in [0, 0.1) is 21.4 Å². The predicted molar refractivity (Wildman–Crippen MR) is 66.0 cm³/mol. The molecule has 6 heteroatoms. The van der Waals surface area contributed by atoms with E-state index in [0.717, 1.165) is 0 Å². The Labute approximate surface area is 108 Å². The summed E-state index contributed by atoms with van der Waals surface area (Å²) >= 11 is 0. The largest absolute Gasteiger partial charge is 0.508 e. The van der Waals surface area contributed by atoms with Gasteiger partial charge in [-0.25, -0.2) is 0 Å². The standard InChI is InChI=1S/C13H8N2O4/c14-8-9-1-4-12(7-13(9)15(17)18)19-11-5-2-10(16)3-6-11/h1-7,16H. The molecule has 0 spiro atoms. The molecule has 94 valence electrons. The highest BCUT2D eigenvalue weighted by Crippen LogP contribution is 2.28. The van der Waals surface area contributed by atoms with Gasteiger partial charge in [-0.1, -0.05) is 0 Å².